The second kappa shape index (κ2) is 19.9. The first-order chi connectivity index (χ1) is 18.4. The number of thiol groups is 2. The second-order valence-electron chi connectivity index (χ2n) is 7.03. The third-order valence-corrected chi connectivity index (χ3v) is 5.65. The second-order valence-corrected chi connectivity index (χ2v) is 8.10. The number of carbonyl (C=O) groups is 2. The quantitative estimate of drug-likeness (QED) is 0.170. The number of carbonyl (C=O) groups excluding carboxylic acids is 2. The van der Waals surface area contributed by atoms with Gasteiger partial charge in [0.05, 0.1) is 35.7 Å². The molecular formula is C25H32ClN6NaO4S2. The number of nitrogens with zero attached hydrogens (tertiary/aromatic N) is 5. The Morgan fingerprint density at radius 2 is 1.62 bits per heavy atom. The summed E-state index contributed by atoms with van der Waals surface area (Å²) in [5.41, 5.74) is 1.52. The maximum Gasteiger partial charge on any atom is 1.00 e. The topological polar surface area (TPSA) is 133 Å². The molecule has 0 aliphatic carbocycles. The van der Waals surface area contributed by atoms with Crippen LogP contribution in [0.4, 0.5) is 11.4 Å². The van der Waals surface area contributed by atoms with Crippen LogP contribution in [0.25, 0.3) is 5.69 Å². The van der Waals surface area contributed by atoms with Crippen molar-refractivity contribution < 1.29 is 44.3 Å². The fourth-order valence-electron chi connectivity index (χ4n) is 3.32. The van der Waals surface area contributed by atoms with Crippen molar-refractivity contribution in [2.45, 2.75) is 45.2 Å². The van der Waals surface area contributed by atoms with Crippen LogP contribution in [0.2, 0.25) is 5.02 Å². The van der Waals surface area contributed by atoms with Crippen molar-refractivity contribution in [3.05, 3.63) is 70.1 Å². The first kappa shape index (κ1) is 36.9. The van der Waals surface area contributed by atoms with Crippen molar-refractivity contribution in [3.63, 3.8) is 0 Å². The van der Waals surface area contributed by atoms with Crippen LogP contribution in [0.3, 0.4) is 0 Å². The van der Waals surface area contributed by atoms with E-state index in [2.05, 4.69) is 45.9 Å². The molecule has 0 aliphatic rings. The fourth-order valence-corrected chi connectivity index (χ4v) is 3.85. The van der Waals surface area contributed by atoms with Crippen molar-refractivity contribution in [1.29, 1.82) is 0 Å². The Labute approximate surface area is 267 Å². The number of carboxylic acid groups (broad SMARTS) is 1. The number of amides is 1. The van der Waals surface area contributed by atoms with Crippen molar-refractivity contribution in [3.8, 4) is 5.69 Å². The first-order valence-corrected chi connectivity index (χ1v) is 13.6. The van der Waals surface area contributed by atoms with Gasteiger partial charge in [-0.1, -0.05) is 50.5 Å². The smallest absolute Gasteiger partial charge is 0.548 e. The number of nitroso groups, excluding NO2 is 1. The van der Waals surface area contributed by atoms with E-state index in [4.69, 9.17) is 11.6 Å². The zero-order valence-corrected chi connectivity index (χ0v) is 27.2. The largest absolute Gasteiger partial charge is 1.00 e. The predicted molar refractivity (Wildman–Crippen MR) is 156 cm³/mol. The van der Waals surface area contributed by atoms with E-state index in [0.29, 0.717) is 45.2 Å². The van der Waals surface area contributed by atoms with Crippen LogP contribution in [0, 0.1) is 4.91 Å². The van der Waals surface area contributed by atoms with Gasteiger partial charge in [-0.25, -0.2) is 0 Å². The minimum absolute atomic E-state index is 0. The van der Waals surface area contributed by atoms with Crippen molar-refractivity contribution in [2.75, 3.05) is 23.3 Å². The van der Waals surface area contributed by atoms with Crippen LogP contribution in [-0.4, -0.2) is 45.8 Å². The summed E-state index contributed by atoms with van der Waals surface area (Å²) in [5, 5.41) is 25.7. The Bertz CT molecular complexity index is 1160. The van der Waals surface area contributed by atoms with Gasteiger partial charge in [-0.05, 0) is 42.5 Å². The monoisotopic (exact) mass is 602 g/mol. The van der Waals surface area contributed by atoms with Crippen molar-refractivity contribution in [1.82, 2.24) is 14.8 Å². The number of benzene rings is 2. The van der Waals surface area contributed by atoms with Gasteiger partial charge < -0.3 is 20.1 Å². The number of aromatic nitrogens is 3. The molecule has 1 aromatic heterocycles. The maximum absolute atomic E-state index is 12.9. The normalized spacial score (nSPS) is 10.4. The SMILES string of the molecule is CC.CC.O=NCC(C(=O)[O-])N(CC(=O)Nc1cccc(-n2c(CS)nnc2CS)c1)c1ccc(Cl)cc1.[Na+]. The fraction of sp³-hybridized carbons (Fsp3) is 0.360. The Morgan fingerprint density at radius 1 is 1.05 bits per heavy atom. The number of aliphatic carboxylic acids is 1. The number of anilines is 2. The molecule has 0 fully saturated rings. The third-order valence-electron chi connectivity index (χ3n) is 4.84. The molecule has 14 heteroatoms. The number of hydrogen-bond acceptors (Lipinski definition) is 10. The molecule has 2 aromatic carbocycles. The molecule has 0 bridgehead atoms. The van der Waals surface area contributed by atoms with Gasteiger partial charge in [0.15, 0.2) is 0 Å². The van der Waals surface area contributed by atoms with Crippen LogP contribution in [0.5, 0.6) is 0 Å². The van der Waals surface area contributed by atoms with E-state index in [-0.39, 0.29) is 36.1 Å². The van der Waals surface area contributed by atoms with Crippen LogP contribution < -0.4 is 44.9 Å². The number of hydrogen-bond donors (Lipinski definition) is 3. The Morgan fingerprint density at radius 3 is 2.10 bits per heavy atom. The molecule has 10 nitrogen and oxygen atoms in total. The van der Waals surface area contributed by atoms with E-state index >= 15 is 0 Å². The summed E-state index contributed by atoms with van der Waals surface area (Å²) in [4.78, 5) is 36.6. The summed E-state index contributed by atoms with van der Waals surface area (Å²) < 4.78 is 1.79. The van der Waals surface area contributed by atoms with E-state index in [1.54, 1.807) is 47.0 Å². The van der Waals surface area contributed by atoms with Crippen LogP contribution in [-0.2, 0) is 21.1 Å². The van der Waals surface area contributed by atoms with Gasteiger partial charge >= 0.3 is 29.6 Å². The van der Waals surface area contributed by atoms with Crippen LogP contribution in [0.1, 0.15) is 39.3 Å². The molecule has 0 radical (unpaired) electrons. The Balaban J connectivity index is 0.00000276. The Kier molecular flexibility index (Phi) is 18.8. The number of rotatable bonds is 11. The van der Waals surface area contributed by atoms with E-state index in [1.165, 1.54) is 4.90 Å². The van der Waals surface area contributed by atoms with Crippen LogP contribution >= 0.6 is 36.9 Å². The summed E-state index contributed by atoms with van der Waals surface area (Å²) in [6, 6.07) is 11.7. The van der Waals surface area contributed by atoms with Gasteiger partial charge in [0, 0.05) is 16.4 Å². The summed E-state index contributed by atoms with van der Waals surface area (Å²) in [6.45, 7) is 7.02. The first-order valence-electron chi connectivity index (χ1n) is 11.9. The third kappa shape index (κ3) is 10.8. The zero-order chi connectivity index (χ0) is 28.7. The molecule has 0 spiro atoms. The minimum atomic E-state index is -1.53. The number of nitrogens with one attached hydrogen (secondary N) is 1. The van der Waals surface area contributed by atoms with Gasteiger partial charge in [-0.2, -0.15) is 30.2 Å². The summed E-state index contributed by atoms with van der Waals surface area (Å²) >= 11 is 14.5. The standard InChI is InChI=1S/C21H21ClN6O4S2.2C2H6.Na/c22-13-4-6-15(7-5-13)27(17(9-23-32)21(30)31)10-20(29)24-14-2-1-3-16(8-14)28-18(11-33)25-26-19(28)12-34;2*1-2;/h1-8,17,33-34H,9-12H2,(H,24,29)(H,30,31);2*1-2H3;/q;;;+1/p-1. The number of carboxylic acids is 1. The molecule has 3 aromatic rings. The molecular weight excluding hydrogens is 571 g/mol. The summed E-state index contributed by atoms with van der Waals surface area (Å²) in [7, 11) is 0. The van der Waals surface area contributed by atoms with Gasteiger partial charge in [-0.3, -0.25) is 9.36 Å². The van der Waals surface area contributed by atoms with E-state index in [0.717, 1.165) is 0 Å². The van der Waals surface area contributed by atoms with Gasteiger partial charge in [0.2, 0.25) is 5.91 Å². The van der Waals surface area contributed by atoms with Crippen molar-refractivity contribution >= 4 is 60.1 Å². The summed E-state index contributed by atoms with van der Waals surface area (Å²) in [6.07, 6.45) is 0. The predicted octanol–water partition coefficient (Wildman–Crippen LogP) is 1.17. The van der Waals surface area contributed by atoms with Gasteiger partial charge in [0.1, 0.15) is 18.2 Å². The molecule has 3 rings (SSSR count). The molecule has 1 amide bonds. The zero-order valence-electron chi connectivity index (χ0n) is 22.7. The minimum Gasteiger partial charge on any atom is -0.548 e. The molecule has 1 N–H and O–H groups in total. The van der Waals surface area contributed by atoms with Crippen molar-refractivity contribution in [2.24, 2.45) is 5.18 Å². The molecule has 0 saturated carbocycles. The molecule has 206 valence electrons. The molecule has 0 aliphatic heterocycles. The molecule has 39 heavy (non-hydrogen) atoms. The molecule has 0 saturated heterocycles. The van der Waals surface area contributed by atoms with E-state index in [1.807, 2.05) is 33.8 Å². The van der Waals surface area contributed by atoms with Crippen LogP contribution in [0.15, 0.2) is 53.7 Å². The van der Waals surface area contributed by atoms with Gasteiger partial charge in [0.25, 0.3) is 0 Å². The Hall–Kier alpha value is -2.09. The van der Waals surface area contributed by atoms with E-state index in [9.17, 15) is 19.6 Å². The molecule has 1 unspecified atom stereocenters. The average molecular weight is 603 g/mol. The molecule has 1 heterocycles. The summed E-state index contributed by atoms with van der Waals surface area (Å²) in [5.74, 6) is -0.121. The van der Waals surface area contributed by atoms with Gasteiger partial charge in [-0.15, -0.1) is 10.2 Å². The average Bonchev–Trinajstić information content (AvgIpc) is 3.37. The maximum atomic E-state index is 12.9. The van der Waals surface area contributed by atoms with E-state index < -0.39 is 24.5 Å². The molecule has 1 atom stereocenters. The number of halogens is 1.